The average molecular weight is 442 g/mol. The predicted molar refractivity (Wildman–Crippen MR) is 111 cm³/mol. The number of nitrogens with zero attached hydrogens (tertiary/aromatic N) is 1. The number of benzene rings is 2. The van der Waals surface area contributed by atoms with Crippen LogP contribution in [-0.2, 0) is 0 Å². The molecule has 1 aliphatic rings. The van der Waals surface area contributed by atoms with E-state index in [1.54, 1.807) is 30.1 Å². The highest BCUT2D eigenvalue weighted by molar-refractivity contribution is 9.10. The van der Waals surface area contributed by atoms with Crippen LogP contribution in [-0.4, -0.2) is 24.5 Å². The van der Waals surface area contributed by atoms with Crippen molar-refractivity contribution in [3.05, 3.63) is 74.0 Å². The van der Waals surface area contributed by atoms with Crippen LogP contribution in [0, 0.1) is 0 Å². The van der Waals surface area contributed by atoms with Crippen molar-refractivity contribution in [1.82, 2.24) is 4.90 Å². The first kappa shape index (κ1) is 18.7. The fourth-order valence-corrected chi connectivity index (χ4v) is 3.89. The molecule has 1 amide bonds. The largest absolute Gasteiger partial charge is 0.494 e. The fourth-order valence-electron chi connectivity index (χ4n) is 3.53. The van der Waals surface area contributed by atoms with Gasteiger partial charge in [-0.05, 0) is 42.3 Å². The molecular formula is C22H20BrNO4. The molecule has 0 fully saturated rings. The van der Waals surface area contributed by atoms with Crippen molar-refractivity contribution in [2.24, 2.45) is 0 Å². The van der Waals surface area contributed by atoms with E-state index in [-0.39, 0.29) is 17.1 Å². The second-order valence-corrected chi connectivity index (χ2v) is 7.82. The molecule has 6 heteroatoms. The van der Waals surface area contributed by atoms with Crippen molar-refractivity contribution < 1.29 is 13.9 Å². The summed E-state index contributed by atoms with van der Waals surface area (Å²) in [6.45, 7) is 2.79. The minimum atomic E-state index is -0.480. The number of carbonyl (C=O) groups is 1. The molecular weight excluding hydrogens is 422 g/mol. The van der Waals surface area contributed by atoms with Crippen LogP contribution in [0.3, 0.4) is 0 Å². The summed E-state index contributed by atoms with van der Waals surface area (Å²) in [4.78, 5) is 27.5. The van der Waals surface area contributed by atoms with E-state index in [2.05, 4.69) is 22.9 Å². The molecule has 0 saturated heterocycles. The topological polar surface area (TPSA) is 59.8 Å². The van der Waals surface area contributed by atoms with Gasteiger partial charge in [-0.25, -0.2) is 0 Å². The molecule has 0 spiro atoms. The summed E-state index contributed by atoms with van der Waals surface area (Å²) >= 11 is 3.39. The maximum absolute atomic E-state index is 13.2. The Hall–Kier alpha value is -2.60. The minimum absolute atomic E-state index is 0.121. The van der Waals surface area contributed by atoms with Gasteiger partial charge in [-0.15, -0.1) is 0 Å². The highest BCUT2D eigenvalue weighted by Crippen LogP contribution is 2.37. The van der Waals surface area contributed by atoms with Crippen molar-refractivity contribution in [3.8, 4) is 5.75 Å². The van der Waals surface area contributed by atoms with Crippen LogP contribution in [0.1, 0.15) is 47.5 Å². The number of amides is 1. The van der Waals surface area contributed by atoms with Crippen LogP contribution < -0.4 is 10.2 Å². The van der Waals surface area contributed by atoms with Gasteiger partial charge < -0.3 is 14.1 Å². The van der Waals surface area contributed by atoms with Gasteiger partial charge in [-0.1, -0.05) is 41.4 Å². The van der Waals surface area contributed by atoms with Crippen LogP contribution in [0.4, 0.5) is 0 Å². The molecule has 1 atom stereocenters. The molecule has 3 aromatic rings. The standard InChI is InChI=1S/C22H20BrNO4/c1-3-4-11-27-15-8-5-13(6-9-15)19-18-20(25)16-12-14(23)7-10-17(16)28-21(18)22(26)24(19)2/h5-10,12,19H,3-4,11H2,1-2H3. The smallest absolute Gasteiger partial charge is 0.290 e. The van der Waals surface area contributed by atoms with Gasteiger partial charge in [0.15, 0.2) is 5.43 Å². The number of unbranched alkanes of at least 4 members (excludes halogenated alkanes) is 1. The maximum atomic E-state index is 13.2. The molecule has 1 unspecified atom stereocenters. The Labute approximate surface area is 171 Å². The first-order chi connectivity index (χ1) is 13.5. The maximum Gasteiger partial charge on any atom is 0.290 e. The number of ether oxygens (including phenoxy) is 1. The molecule has 2 aromatic carbocycles. The number of rotatable bonds is 5. The second kappa shape index (κ2) is 7.43. The molecule has 5 nitrogen and oxygen atoms in total. The average Bonchev–Trinajstić information content (AvgIpc) is 2.95. The zero-order valence-electron chi connectivity index (χ0n) is 15.7. The zero-order valence-corrected chi connectivity index (χ0v) is 17.3. The van der Waals surface area contributed by atoms with Gasteiger partial charge in [0.2, 0.25) is 5.76 Å². The third-order valence-corrected chi connectivity index (χ3v) is 5.52. The lowest BCUT2D eigenvalue weighted by atomic mass is 9.99. The molecule has 1 aliphatic heterocycles. The summed E-state index contributed by atoms with van der Waals surface area (Å²) in [5, 5.41) is 0.459. The summed E-state index contributed by atoms with van der Waals surface area (Å²) in [5.41, 5.74) is 1.47. The Morgan fingerprint density at radius 1 is 1.14 bits per heavy atom. The van der Waals surface area contributed by atoms with Gasteiger partial charge >= 0.3 is 0 Å². The third-order valence-electron chi connectivity index (χ3n) is 5.03. The molecule has 0 bridgehead atoms. The predicted octanol–water partition coefficient (Wildman–Crippen LogP) is 4.91. The van der Waals surface area contributed by atoms with Crippen LogP contribution in [0.5, 0.6) is 5.75 Å². The molecule has 28 heavy (non-hydrogen) atoms. The molecule has 4 rings (SSSR count). The van der Waals surface area contributed by atoms with E-state index in [1.807, 2.05) is 24.3 Å². The Morgan fingerprint density at radius 3 is 2.61 bits per heavy atom. The molecule has 0 radical (unpaired) electrons. The van der Waals surface area contributed by atoms with E-state index < -0.39 is 6.04 Å². The van der Waals surface area contributed by atoms with Gasteiger partial charge in [-0.3, -0.25) is 9.59 Å². The van der Waals surface area contributed by atoms with Gasteiger partial charge in [-0.2, -0.15) is 0 Å². The van der Waals surface area contributed by atoms with Crippen molar-refractivity contribution in [2.75, 3.05) is 13.7 Å². The van der Waals surface area contributed by atoms with Gasteiger partial charge in [0, 0.05) is 11.5 Å². The number of fused-ring (bicyclic) bond motifs is 2. The summed E-state index contributed by atoms with van der Waals surface area (Å²) in [7, 11) is 1.69. The fraction of sp³-hybridized carbons (Fsp3) is 0.273. The molecule has 0 N–H and O–H groups in total. The molecule has 0 aliphatic carbocycles. The lowest BCUT2D eigenvalue weighted by Crippen LogP contribution is -2.25. The molecule has 1 aromatic heterocycles. The normalized spacial score (nSPS) is 15.9. The van der Waals surface area contributed by atoms with Crippen molar-refractivity contribution in [2.45, 2.75) is 25.8 Å². The molecule has 2 heterocycles. The Balaban J connectivity index is 1.78. The molecule has 144 valence electrons. The van der Waals surface area contributed by atoms with Crippen molar-refractivity contribution in [1.29, 1.82) is 0 Å². The Morgan fingerprint density at radius 2 is 1.89 bits per heavy atom. The number of carbonyl (C=O) groups excluding carboxylic acids is 1. The molecule has 0 saturated carbocycles. The van der Waals surface area contributed by atoms with Crippen LogP contribution in [0.15, 0.2) is 56.1 Å². The summed E-state index contributed by atoms with van der Waals surface area (Å²) < 4.78 is 12.3. The van der Waals surface area contributed by atoms with Crippen LogP contribution >= 0.6 is 15.9 Å². The third kappa shape index (κ3) is 3.11. The highest BCUT2D eigenvalue weighted by Gasteiger charge is 2.40. The van der Waals surface area contributed by atoms with Crippen LogP contribution in [0.2, 0.25) is 0 Å². The minimum Gasteiger partial charge on any atom is -0.494 e. The van der Waals surface area contributed by atoms with E-state index in [0.717, 1.165) is 28.6 Å². The summed E-state index contributed by atoms with van der Waals surface area (Å²) in [6.07, 6.45) is 2.07. The lowest BCUT2D eigenvalue weighted by Gasteiger charge is -2.20. The van der Waals surface area contributed by atoms with E-state index in [4.69, 9.17) is 9.15 Å². The highest BCUT2D eigenvalue weighted by atomic mass is 79.9. The van der Waals surface area contributed by atoms with Crippen molar-refractivity contribution in [3.63, 3.8) is 0 Å². The SMILES string of the molecule is CCCCOc1ccc(C2c3c(oc4ccc(Br)cc4c3=O)C(=O)N2C)cc1. The summed E-state index contributed by atoms with van der Waals surface area (Å²) in [5.74, 6) is 0.611. The van der Waals surface area contributed by atoms with E-state index in [1.165, 1.54) is 0 Å². The number of halogens is 1. The number of hydrogen-bond acceptors (Lipinski definition) is 4. The van der Waals surface area contributed by atoms with Crippen molar-refractivity contribution >= 4 is 32.8 Å². The van der Waals surface area contributed by atoms with E-state index in [9.17, 15) is 9.59 Å². The van der Waals surface area contributed by atoms with E-state index >= 15 is 0 Å². The summed E-state index contributed by atoms with van der Waals surface area (Å²) in [6, 6.07) is 12.3. The van der Waals surface area contributed by atoms with Gasteiger partial charge in [0.25, 0.3) is 5.91 Å². The quantitative estimate of drug-likeness (QED) is 0.527. The first-order valence-corrected chi connectivity index (χ1v) is 10.1. The first-order valence-electron chi connectivity index (χ1n) is 9.27. The Bertz CT molecular complexity index is 1100. The second-order valence-electron chi connectivity index (χ2n) is 6.90. The Kier molecular flexibility index (Phi) is 4.98. The van der Waals surface area contributed by atoms with Gasteiger partial charge in [0.05, 0.1) is 23.6 Å². The van der Waals surface area contributed by atoms with Gasteiger partial charge in [0.1, 0.15) is 11.3 Å². The van der Waals surface area contributed by atoms with E-state index in [0.29, 0.717) is 23.1 Å². The zero-order chi connectivity index (χ0) is 19.8. The lowest BCUT2D eigenvalue weighted by molar-refractivity contribution is 0.0771. The monoisotopic (exact) mass is 441 g/mol. The number of hydrogen-bond donors (Lipinski definition) is 0. The van der Waals surface area contributed by atoms with Crippen LogP contribution in [0.25, 0.3) is 11.0 Å².